The SMILES string of the molecule is CC(O)C1CCCN(C(=O)Nc2cccnc2)C1. The molecular weight excluding hydrogens is 230 g/mol. The third kappa shape index (κ3) is 3.20. The summed E-state index contributed by atoms with van der Waals surface area (Å²) >= 11 is 0. The number of nitrogens with one attached hydrogen (secondary N) is 1. The number of amides is 2. The highest BCUT2D eigenvalue weighted by molar-refractivity contribution is 5.89. The quantitative estimate of drug-likeness (QED) is 0.838. The topological polar surface area (TPSA) is 65.5 Å². The van der Waals surface area contributed by atoms with E-state index < -0.39 is 0 Å². The van der Waals surface area contributed by atoms with Crippen LogP contribution in [0, 0.1) is 5.92 Å². The van der Waals surface area contributed by atoms with Crippen LogP contribution in [0.1, 0.15) is 19.8 Å². The maximum atomic E-state index is 12.0. The Morgan fingerprint density at radius 3 is 3.17 bits per heavy atom. The molecule has 0 aromatic carbocycles. The second-order valence-corrected chi connectivity index (χ2v) is 4.76. The van der Waals surface area contributed by atoms with Gasteiger partial charge < -0.3 is 15.3 Å². The molecule has 2 N–H and O–H groups in total. The number of hydrogen-bond acceptors (Lipinski definition) is 3. The van der Waals surface area contributed by atoms with Crippen LogP contribution in [0.4, 0.5) is 10.5 Å². The van der Waals surface area contributed by atoms with E-state index in [1.807, 2.05) is 0 Å². The Labute approximate surface area is 107 Å². The molecule has 1 aliphatic rings. The number of aliphatic hydroxyl groups is 1. The zero-order chi connectivity index (χ0) is 13.0. The average Bonchev–Trinajstić information content (AvgIpc) is 2.40. The number of carbonyl (C=O) groups is 1. The minimum absolute atomic E-state index is 0.117. The van der Waals surface area contributed by atoms with Gasteiger partial charge in [-0.2, -0.15) is 0 Å². The second kappa shape index (κ2) is 5.82. The number of aromatic nitrogens is 1. The summed E-state index contributed by atoms with van der Waals surface area (Å²) in [5.74, 6) is 0.179. The summed E-state index contributed by atoms with van der Waals surface area (Å²) in [6, 6.07) is 3.47. The molecule has 0 bridgehead atoms. The van der Waals surface area contributed by atoms with Crippen LogP contribution in [0.3, 0.4) is 0 Å². The number of nitrogens with zero attached hydrogens (tertiary/aromatic N) is 2. The molecule has 0 saturated carbocycles. The lowest BCUT2D eigenvalue weighted by molar-refractivity contribution is 0.0766. The number of pyridine rings is 1. The first-order valence-electron chi connectivity index (χ1n) is 6.31. The molecule has 2 amide bonds. The number of urea groups is 1. The first-order chi connectivity index (χ1) is 8.66. The lowest BCUT2D eigenvalue weighted by Crippen LogP contribution is -2.44. The van der Waals surface area contributed by atoms with Gasteiger partial charge in [-0.25, -0.2) is 4.79 Å². The number of carbonyl (C=O) groups excluding carboxylic acids is 1. The number of likely N-dealkylation sites (tertiary alicyclic amines) is 1. The molecule has 0 spiro atoms. The van der Waals surface area contributed by atoms with E-state index in [2.05, 4.69) is 10.3 Å². The molecule has 1 aromatic heterocycles. The first kappa shape index (κ1) is 12.8. The molecular formula is C13H19N3O2. The van der Waals surface area contributed by atoms with Crippen molar-refractivity contribution < 1.29 is 9.90 Å². The molecule has 5 nitrogen and oxygen atoms in total. The van der Waals surface area contributed by atoms with Crippen molar-refractivity contribution in [3.63, 3.8) is 0 Å². The Morgan fingerprint density at radius 1 is 1.67 bits per heavy atom. The van der Waals surface area contributed by atoms with Crippen molar-refractivity contribution in [2.45, 2.75) is 25.9 Å². The van der Waals surface area contributed by atoms with Crippen LogP contribution >= 0.6 is 0 Å². The lowest BCUT2D eigenvalue weighted by atomic mass is 9.94. The van der Waals surface area contributed by atoms with Gasteiger partial charge in [-0.1, -0.05) is 0 Å². The predicted molar refractivity (Wildman–Crippen MR) is 69.2 cm³/mol. The summed E-state index contributed by atoms with van der Waals surface area (Å²) < 4.78 is 0. The highest BCUT2D eigenvalue weighted by atomic mass is 16.3. The number of rotatable bonds is 2. The summed E-state index contributed by atoms with van der Waals surface area (Å²) in [6.45, 7) is 3.15. The molecule has 2 atom stereocenters. The third-order valence-corrected chi connectivity index (χ3v) is 3.34. The minimum Gasteiger partial charge on any atom is -0.393 e. The molecule has 1 aliphatic heterocycles. The molecule has 98 valence electrons. The van der Waals surface area contributed by atoms with Gasteiger partial charge in [0, 0.05) is 25.2 Å². The third-order valence-electron chi connectivity index (χ3n) is 3.34. The highest BCUT2D eigenvalue weighted by Gasteiger charge is 2.26. The minimum atomic E-state index is -0.362. The van der Waals surface area contributed by atoms with Crippen LogP contribution < -0.4 is 5.32 Å². The maximum Gasteiger partial charge on any atom is 0.321 e. The Morgan fingerprint density at radius 2 is 2.50 bits per heavy atom. The van der Waals surface area contributed by atoms with Gasteiger partial charge in [0.25, 0.3) is 0 Å². The van der Waals surface area contributed by atoms with Gasteiger partial charge in [0.15, 0.2) is 0 Å². The maximum absolute atomic E-state index is 12.0. The molecule has 1 aromatic rings. The van der Waals surface area contributed by atoms with Crippen molar-refractivity contribution >= 4 is 11.7 Å². The molecule has 1 fully saturated rings. The van der Waals surface area contributed by atoms with Crippen molar-refractivity contribution in [3.05, 3.63) is 24.5 Å². The van der Waals surface area contributed by atoms with Crippen LogP contribution in [-0.4, -0.2) is 40.2 Å². The van der Waals surface area contributed by atoms with E-state index >= 15 is 0 Å². The van der Waals surface area contributed by atoms with Crippen LogP contribution in [0.25, 0.3) is 0 Å². The fourth-order valence-corrected chi connectivity index (χ4v) is 2.23. The second-order valence-electron chi connectivity index (χ2n) is 4.76. The van der Waals surface area contributed by atoms with E-state index in [-0.39, 0.29) is 18.1 Å². The summed E-state index contributed by atoms with van der Waals surface area (Å²) in [7, 11) is 0. The van der Waals surface area contributed by atoms with Gasteiger partial charge in [-0.05, 0) is 31.9 Å². The first-order valence-corrected chi connectivity index (χ1v) is 6.31. The molecule has 2 rings (SSSR count). The van der Waals surface area contributed by atoms with Crippen LogP contribution in [-0.2, 0) is 0 Å². The molecule has 2 heterocycles. The number of aliphatic hydroxyl groups excluding tert-OH is 1. The monoisotopic (exact) mass is 249 g/mol. The van der Waals surface area contributed by atoms with Crippen LogP contribution in [0.2, 0.25) is 0 Å². The lowest BCUT2D eigenvalue weighted by Gasteiger charge is -2.34. The van der Waals surface area contributed by atoms with Gasteiger partial charge in [0.05, 0.1) is 18.0 Å². The smallest absolute Gasteiger partial charge is 0.321 e. The normalized spacial score (nSPS) is 21.4. The summed E-state index contributed by atoms with van der Waals surface area (Å²) in [5.41, 5.74) is 0.696. The zero-order valence-corrected chi connectivity index (χ0v) is 10.5. The largest absolute Gasteiger partial charge is 0.393 e. The highest BCUT2D eigenvalue weighted by Crippen LogP contribution is 2.20. The van der Waals surface area contributed by atoms with Crippen molar-refractivity contribution in [2.24, 2.45) is 5.92 Å². The van der Waals surface area contributed by atoms with Gasteiger partial charge in [0.2, 0.25) is 0 Å². The summed E-state index contributed by atoms with van der Waals surface area (Å²) in [4.78, 5) is 17.8. The average molecular weight is 249 g/mol. The predicted octanol–water partition coefficient (Wildman–Crippen LogP) is 1.71. The van der Waals surface area contributed by atoms with E-state index in [0.29, 0.717) is 12.2 Å². The number of piperidine rings is 1. The fourth-order valence-electron chi connectivity index (χ4n) is 2.23. The summed E-state index contributed by atoms with van der Waals surface area (Å²) in [6.07, 6.45) is 4.84. The van der Waals surface area contributed by atoms with Crippen molar-refractivity contribution in [3.8, 4) is 0 Å². The molecule has 0 radical (unpaired) electrons. The van der Waals surface area contributed by atoms with Crippen LogP contribution in [0.5, 0.6) is 0 Å². The van der Waals surface area contributed by atoms with Crippen LogP contribution in [0.15, 0.2) is 24.5 Å². The Kier molecular flexibility index (Phi) is 4.15. The molecule has 18 heavy (non-hydrogen) atoms. The molecule has 1 saturated heterocycles. The van der Waals surface area contributed by atoms with Crippen molar-refractivity contribution in [1.82, 2.24) is 9.88 Å². The van der Waals surface area contributed by atoms with E-state index in [0.717, 1.165) is 19.4 Å². The van der Waals surface area contributed by atoms with E-state index in [9.17, 15) is 9.90 Å². The molecule has 2 unspecified atom stereocenters. The van der Waals surface area contributed by atoms with Gasteiger partial charge >= 0.3 is 6.03 Å². The standard InChI is InChI=1S/C13H19N3O2/c1-10(17)11-4-3-7-16(9-11)13(18)15-12-5-2-6-14-8-12/h2,5-6,8,10-11,17H,3-4,7,9H2,1H3,(H,15,18). The van der Waals surface area contributed by atoms with Gasteiger partial charge in [-0.3, -0.25) is 4.98 Å². The Bertz CT molecular complexity index is 394. The van der Waals surface area contributed by atoms with Gasteiger partial charge in [0.1, 0.15) is 0 Å². The Hall–Kier alpha value is -1.62. The zero-order valence-electron chi connectivity index (χ0n) is 10.5. The number of hydrogen-bond donors (Lipinski definition) is 2. The Balaban J connectivity index is 1.93. The van der Waals surface area contributed by atoms with Gasteiger partial charge in [-0.15, -0.1) is 0 Å². The number of anilines is 1. The van der Waals surface area contributed by atoms with E-state index in [1.165, 1.54) is 0 Å². The molecule has 0 aliphatic carbocycles. The molecule has 5 heteroatoms. The van der Waals surface area contributed by atoms with Crippen molar-refractivity contribution in [1.29, 1.82) is 0 Å². The van der Waals surface area contributed by atoms with E-state index in [4.69, 9.17) is 0 Å². The fraction of sp³-hybridized carbons (Fsp3) is 0.538. The summed E-state index contributed by atoms with van der Waals surface area (Å²) in [5, 5.41) is 12.4. The van der Waals surface area contributed by atoms with Crippen molar-refractivity contribution in [2.75, 3.05) is 18.4 Å². The van der Waals surface area contributed by atoms with E-state index in [1.54, 1.807) is 36.4 Å².